The fourth-order valence-electron chi connectivity index (χ4n) is 5.78. The Labute approximate surface area is 245 Å². The maximum absolute atomic E-state index is 14.8. The Morgan fingerprint density at radius 2 is 0.810 bits per heavy atom. The van der Waals surface area contributed by atoms with Gasteiger partial charge in [-0.2, -0.15) is 0 Å². The van der Waals surface area contributed by atoms with E-state index in [4.69, 9.17) is 9.97 Å². The third-order valence-electron chi connectivity index (χ3n) is 8.22. The predicted molar refractivity (Wildman–Crippen MR) is 177 cm³/mol. The summed E-state index contributed by atoms with van der Waals surface area (Å²) in [5.74, 6) is 0. The second-order valence-corrected chi connectivity index (χ2v) is 13.4. The highest BCUT2D eigenvalue weighted by atomic mass is 31.2. The van der Waals surface area contributed by atoms with E-state index in [1.54, 1.807) is 0 Å². The molecule has 42 heavy (non-hydrogen) atoms. The van der Waals surface area contributed by atoms with E-state index in [0.29, 0.717) is 0 Å². The van der Waals surface area contributed by atoms with E-state index >= 15 is 0 Å². The lowest BCUT2D eigenvalue weighted by molar-refractivity contribution is 0.592. The lowest BCUT2D eigenvalue weighted by Gasteiger charge is -2.20. The van der Waals surface area contributed by atoms with Gasteiger partial charge >= 0.3 is 0 Å². The van der Waals surface area contributed by atoms with Gasteiger partial charge in [0.05, 0.1) is 22.4 Å². The van der Waals surface area contributed by atoms with Crippen LogP contribution in [0.2, 0.25) is 0 Å². The Hall–Kier alpha value is -4.85. The molecule has 0 atom stereocenters. The molecule has 0 aliphatic carbocycles. The van der Waals surface area contributed by atoms with Gasteiger partial charge in [0.15, 0.2) is 7.14 Å². The number of nitrogens with zero attached hydrogens (tertiary/aromatic N) is 2. The summed E-state index contributed by atoms with van der Waals surface area (Å²) in [4.78, 5) is 10.3. The molecular formula is C38H29N2OP. The SMILES string of the molecule is Cc1c(C)c2ccc(-c3ccc(P(=O)(c4ccccc4)c4ccccc4)cc3)nc2c2nc(-c3ccccc3)ccc12. The molecule has 0 radical (unpaired) electrons. The standard InChI is InChI=1S/C38H29N2OP/c1-26-27(2)34-23-25-36(40-38(34)37-33(26)22-24-35(39-37)28-12-6-3-7-13-28)29-18-20-32(21-19-29)42(41,30-14-8-4-9-15-30)31-16-10-5-11-17-31/h3-25H,1-2H3. The van der Waals surface area contributed by atoms with Gasteiger partial charge in [-0.1, -0.05) is 127 Å². The van der Waals surface area contributed by atoms with Crippen LogP contribution in [0.25, 0.3) is 44.3 Å². The molecule has 2 aromatic heterocycles. The van der Waals surface area contributed by atoms with Gasteiger partial charge in [-0.25, -0.2) is 9.97 Å². The van der Waals surface area contributed by atoms with Gasteiger partial charge in [0, 0.05) is 37.8 Å². The molecule has 0 amide bonds. The number of aryl methyl sites for hydroxylation is 2. The maximum Gasteiger partial charge on any atom is 0.171 e. The summed E-state index contributed by atoms with van der Waals surface area (Å²) < 4.78 is 14.8. The highest BCUT2D eigenvalue weighted by Gasteiger charge is 2.29. The molecule has 202 valence electrons. The molecule has 0 aliphatic rings. The van der Waals surface area contributed by atoms with Crippen LogP contribution in [0.4, 0.5) is 0 Å². The van der Waals surface area contributed by atoms with Crippen molar-refractivity contribution in [3.05, 3.63) is 151 Å². The minimum absolute atomic E-state index is 0.801. The number of fused-ring (bicyclic) bond motifs is 3. The zero-order chi connectivity index (χ0) is 28.7. The highest BCUT2D eigenvalue weighted by Crippen LogP contribution is 2.42. The van der Waals surface area contributed by atoms with Crippen LogP contribution < -0.4 is 15.9 Å². The number of aromatic nitrogens is 2. The van der Waals surface area contributed by atoms with E-state index < -0.39 is 7.14 Å². The molecule has 7 aromatic rings. The Morgan fingerprint density at radius 3 is 1.26 bits per heavy atom. The summed E-state index contributed by atoms with van der Waals surface area (Å²) in [6.07, 6.45) is 0. The molecule has 0 N–H and O–H groups in total. The van der Waals surface area contributed by atoms with Gasteiger partial charge in [0.1, 0.15) is 0 Å². The van der Waals surface area contributed by atoms with Crippen molar-refractivity contribution in [3.8, 4) is 22.5 Å². The predicted octanol–water partition coefficient (Wildman–Crippen LogP) is 8.37. The molecular weight excluding hydrogens is 531 g/mol. The topological polar surface area (TPSA) is 42.9 Å². The van der Waals surface area contributed by atoms with Crippen molar-refractivity contribution in [1.82, 2.24) is 9.97 Å². The van der Waals surface area contributed by atoms with Crippen LogP contribution in [0.1, 0.15) is 11.1 Å². The molecule has 0 saturated heterocycles. The molecule has 0 unspecified atom stereocenters. The summed E-state index contributed by atoms with van der Waals surface area (Å²) in [5, 5.41) is 4.67. The zero-order valence-electron chi connectivity index (χ0n) is 23.5. The summed E-state index contributed by atoms with van der Waals surface area (Å²) in [6, 6.07) is 46.3. The van der Waals surface area contributed by atoms with Crippen LogP contribution in [0.5, 0.6) is 0 Å². The molecule has 0 spiro atoms. The second kappa shape index (κ2) is 10.5. The molecule has 5 aromatic carbocycles. The Bertz CT molecular complexity index is 2060. The lowest BCUT2D eigenvalue weighted by Crippen LogP contribution is -2.24. The van der Waals surface area contributed by atoms with Crippen molar-refractivity contribution in [3.63, 3.8) is 0 Å². The Morgan fingerprint density at radius 1 is 0.429 bits per heavy atom. The van der Waals surface area contributed by atoms with E-state index in [9.17, 15) is 4.57 Å². The summed E-state index contributed by atoms with van der Waals surface area (Å²) in [6.45, 7) is 4.31. The first-order valence-corrected chi connectivity index (χ1v) is 15.8. The molecule has 4 heteroatoms. The Kier molecular flexibility index (Phi) is 6.53. The summed E-state index contributed by atoms with van der Waals surface area (Å²) >= 11 is 0. The molecule has 0 fully saturated rings. The van der Waals surface area contributed by atoms with Crippen molar-refractivity contribution < 1.29 is 4.57 Å². The first kappa shape index (κ1) is 26.1. The second-order valence-electron chi connectivity index (χ2n) is 10.6. The molecule has 0 bridgehead atoms. The minimum atomic E-state index is -3.04. The number of hydrogen-bond acceptors (Lipinski definition) is 3. The van der Waals surface area contributed by atoms with Crippen molar-refractivity contribution in [1.29, 1.82) is 0 Å². The average Bonchev–Trinajstić information content (AvgIpc) is 3.07. The fraction of sp³-hybridized carbons (Fsp3) is 0.0526. The van der Waals surface area contributed by atoms with Crippen LogP contribution in [-0.2, 0) is 4.57 Å². The normalized spacial score (nSPS) is 11.7. The number of hydrogen-bond donors (Lipinski definition) is 0. The smallest absolute Gasteiger partial charge is 0.171 e. The Balaban J connectivity index is 1.36. The van der Waals surface area contributed by atoms with Gasteiger partial charge in [0.2, 0.25) is 0 Å². The van der Waals surface area contributed by atoms with E-state index in [-0.39, 0.29) is 0 Å². The molecule has 0 saturated carbocycles. The third-order valence-corrected chi connectivity index (χ3v) is 11.3. The van der Waals surface area contributed by atoms with Crippen molar-refractivity contribution in [2.75, 3.05) is 0 Å². The molecule has 2 heterocycles. The zero-order valence-corrected chi connectivity index (χ0v) is 24.4. The monoisotopic (exact) mass is 560 g/mol. The van der Waals surface area contributed by atoms with Gasteiger partial charge in [-0.3, -0.25) is 0 Å². The fourth-order valence-corrected chi connectivity index (χ4v) is 8.43. The van der Waals surface area contributed by atoms with Gasteiger partial charge in [-0.15, -0.1) is 0 Å². The van der Waals surface area contributed by atoms with Crippen LogP contribution in [0, 0.1) is 13.8 Å². The minimum Gasteiger partial charge on any atom is -0.309 e. The lowest BCUT2D eigenvalue weighted by atomic mass is 9.97. The molecule has 7 rings (SSSR count). The molecule has 3 nitrogen and oxygen atoms in total. The quantitative estimate of drug-likeness (QED) is 0.157. The largest absolute Gasteiger partial charge is 0.309 e. The van der Waals surface area contributed by atoms with Gasteiger partial charge < -0.3 is 4.57 Å². The van der Waals surface area contributed by atoms with E-state index in [2.05, 4.69) is 50.2 Å². The van der Waals surface area contributed by atoms with Gasteiger partial charge in [-0.05, 0) is 37.1 Å². The number of rotatable bonds is 5. The van der Waals surface area contributed by atoms with Crippen LogP contribution in [0.3, 0.4) is 0 Å². The van der Waals surface area contributed by atoms with E-state index in [1.165, 1.54) is 11.1 Å². The first-order chi connectivity index (χ1) is 20.5. The summed E-state index contributed by atoms with van der Waals surface area (Å²) in [7, 11) is -3.04. The highest BCUT2D eigenvalue weighted by molar-refractivity contribution is 7.85. The van der Waals surface area contributed by atoms with E-state index in [0.717, 1.165) is 60.2 Å². The molecule has 0 aliphatic heterocycles. The van der Waals surface area contributed by atoms with Gasteiger partial charge in [0.25, 0.3) is 0 Å². The summed E-state index contributed by atoms with van der Waals surface area (Å²) in [5.41, 5.74) is 8.09. The van der Waals surface area contributed by atoms with E-state index in [1.807, 2.05) is 103 Å². The van der Waals surface area contributed by atoms with Crippen LogP contribution >= 0.6 is 7.14 Å². The number of benzene rings is 5. The first-order valence-electron chi connectivity index (χ1n) is 14.1. The van der Waals surface area contributed by atoms with Crippen LogP contribution in [-0.4, -0.2) is 9.97 Å². The van der Waals surface area contributed by atoms with Crippen molar-refractivity contribution in [2.45, 2.75) is 13.8 Å². The van der Waals surface area contributed by atoms with Crippen LogP contribution in [0.15, 0.2) is 140 Å². The van der Waals surface area contributed by atoms with Crippen molar-refractivity contribution >= 4 is 44.9 Å². The maximum atomic E-state index is 14.8. The third kappa shape index (κ3) is 4.34. The van der Waals surface area contributed by atoms with Crippen molar-refractivity contribution in [2.24, 2.45) is 0 Å². The number of pyridine rings is 2. The average molecular weight is 561 g/mol.